The van der Waals surface area contributed by atoms with Crippen LogP contribution < -0.4 is 14.2 Å². The van der Waals surface area contributed by atoms with Gasteiger partial charge in [0.2, 0.25) is 0 Å². The lowest BCUT2D eigenvalue weighted by molar-refractivity contribution is 0.0680. The van der Waals surface area contributed by atoms with Crippen LogP contribution in [0.3, 0.4) is 0 Å². The second-order valence-corrected chi connectivity index (χ2v) is 21.8. The Balaban J connectivity index is 1.01. The van der Waals surface area contributed by atoms with Gasteiger partial charge in [0.25, 0.3) is 0 Å². The van der Waals surface area contributed by atoms with E-state index in [9.17, 15) is 38.5 Å². The monoisotopic (exact) mass is 986 g/mol. The zero-order chi connectivity index (χ0) is 52.6. The van der Waals surface area contributed by atoms with Crippen LogP contribution in [0.1, 0.15) is 168 Å². The molecule has 2 aliphatic carbocycles. The molecule has 0 bridgehead atoms. The fraction of sp³-hybridized carbons (Fsp3) is 0.306. The number of carboxylic acids is 1. The SMILES string of the molecule is CC1(C)CCC(C)(C)c2c(OCc3ccc(F)cc3)cc(C(=O)C=Cc3ccc(C(=O)Oc4cc(C#CC(O)c5cc(OCc6ccc(F)cc6)c6c(c5)C(C)(C)CCC6(C)C)ccc4C(=O)O)c(O)c3)cc21. The number of aromatic carboxylic acids is 1. The number of ether oxygens (including phenoxy) is 3. The van der Waals surface area contributed by atoms with E-state index in [1.165, 1.54) is 72.8 Å². The van der Waals surface area contributed by atoms with E-state index in [1.54, 1.807) is 36.4 Å². The molecule has 6 aromatic carbocycles. The van der Waals surface area contributed by atoms with Gasteiger partial charge < -0.3 is 29.5 Å². The normalized spacial score (nSPS) is 16.3. The summed E-state index contributed by atoms with van der Waals surface area (Å²) >= 11 is 0. The molecule has 0 aromatic heterocycles. The minimum atomic E-state index is -1.37. The molecular weight excluding hydrogens is 927 g/mol. The van der Waals surface area contributed by atoms with E-state index < -0.39 is 23.8 Å². The van der Waals surface area contributed by atoms with Crippen molar-refractivity contribution in [3.63, 3.8) is 0 Å². The highest BCUT2D eigenvalue weighted by Gasteiger charge is 2.41. The summed E-state index contributed by atoms with van der Waals surface area (Å²) in [5, 5.41) is 32.6. The third-order valence-corrected chi connectivity index (χ3v) is 14.4. The first-order chi connectivity index (χ1) is 34.4. The van der Waals surface area contributed by atoms with Crippen molar-refractivity contribution in [3.8, 4) is 34.8 Å². The Bertz CT molecular complexity index is 3220. The zero-order valence-electron chi connectivity index (χ0n) is 42.4. The Morgan fingerprint density at radius 3 is 1.70 bits per heavy atom. The third-order valence-electron chi connectivity index (χ3n) is 14.4. The molecule has 1 atom stereocenters. The topological polar surface area (TPSA) is 140 Å². The minimum absolute atomic E-state index is 0.181. The molecule has 9 nitrogen and oxygen atoms in total. The molecule has 1 unspecified atom stereocenters. The van der Waals surface area contributed by atoms with Crippen LogP contribution in [0.25, 0.3) is 6.08 Å². The number of allylic oxidation sites excluding steroid dienone is 1. The average molecular weight is 987 g/mol. The number of phenols is 1. The Morgan fingerprint density at radius 2 is 1.15 bits per heavy atom. The quantitative estimate of drug-likeness (QED) is 0.0339. The summed E-state index contributed by atoms with van der Waals surface area (Å²) in [6.07, 6.45) is 5.23. The van der Waals surface area contributed by atoms with Crippen molar-refractivity contribution in [1.82, 2.24) is 0 Å². The number of phenolic OH excluding ortho intramolecular Hbond substituents is 1. The Hall–Kier alpha value is -7.55. The fourth-order valence-electron chi connectivity index (χ4n) is 9.84. The molecule has 0 saturated heterocycles. The first kappa shape index (κ1) is 51.8. The molecule has 2 aliphatic rings. The largest absolute Gasteiger partial charge is 0.507 e. The standard InChI is InChI=1S/C62H60F2O9/c1-59(2)25-27-61(5,6)55-47(59)31-41(33-53(55)71-35-39-9-17-43(63)18-10-39)49(65)23-15-37-13-21-45(51(67)29-37)58(70)73-52-30-38(14-22-46(52)57(68)69)16-24-50(66)42-32-48-56(62(7,8)28-26-60(48,3)4)54(34-42)72-36-40-11-19-44(64)20-12-40/h9-15,17-23,29-34,50,66-67H,25-28,35-36H2,1-8H3,(H,68,69). The summed E-state index contributed by atoms with van der Waals surface area (Å²) in [6.45, 7) is 17.6. The van der Waals surface area contributed by atoms with Crippen LogP contribution in [0.4, 0.5) is 8.78 Å². The van der Waals surface area contributed by atoms with Crippen LogP contribution >= 0.6 is 0 Å². The number of esters is 1. The van der Waals surface area contributed by atoms with Crippen molar-refractivity contribution >= 4 is 23.8 Å². The Kier molecular flexibility index (Phi) is 14.3. The van der Waals surface area contributed by atoms with Crippen molar-refractivity contribution in [2.24, 2.45) is 0 Å². The third kappa shape index (κ3) is 11.4. The fourth-order valence-corrected chi connectivity index (χ4v) is 9.84. The summed E-state index contributed by atoms with van der Waals surface area (Å²) in [7, 11) is 0. The molecule has 0 fully saturated rings. The lowest BCUT2D eigenvalue weighted by Crippen LogP contribution is -2.34. The van der Waals surface area contributed by atoms with E-state index in [1.807, 2.05) is 12.1 Å². The van der Waals surface area contributed by atoms with Gasteiger partial charge in [-0.25, -0.2) is 18.4 Å². The van der Waals surface area contributed by atoms with Crippen molar-refractivity contribution in [2.45, 2.75) is 122 Å². The van der Waals surface area contributed by atoms with Crippen LogP contribution in [0.5, 0.6) is 23.0 Å². The van der Waals surface area contributed by atoms with Gasteiger partial charge in [-0.1, -0.05) is 110 Å². The second-order valence-electron chi connectivity index (χ2n) is 21.8. The maximum atomic E-state index is 13.9. The van der Waals surface area contributed by atoms with Gasteiger partial charge in [-0.05, 0) is 160 Å². The van der Waals surface area contributed by atoms with Crippen molar-refractivity contribution in [2.75, 3.05) is 0 Å². The van der Waals surface area contributed by atoms with Crippen LogP contribution in [-0.2, 0) is 34.9 Å². The average Bonchev–Trinajstić information content (AvgIpc) is 3.34. The smallest absolute Gasteiger partial charge is 0.347 e. The molecule has 6 aromatic rings. The minimum Gasteiger partial charge on any atom is -0.507 e. The summed E-state index contributed by atoms with van der Waals surface area (Å²) in [5.74, 6) is 2.69. The van der Waals surface area contributed by atoms with Gasteiger partial charge >= 0.3 is 11.9 Å². The van der Waals surface area contributed by atoms with Crippen molar-refractivity contribution in [3.05, 3.63) is 194 Å². The van der Waals surface area contributed by atoms with Gasteiger partial charge in [-0.15, -0.1) is 0 Å². The summed E-state index contributed by atoms with van der Waals surface area (Å²) < 4.78 is 45.7. The zero-order valence-corrected chi connectivity index (χ0v) is 42.4. The maximum Gasteiger partial charge on any atom is 0.347 e. The number of rotatable bonds is 13. The first-order valence-electron chi connectivity index (χ1n) is 24.4. The maximum absolute atomic E-state index is 13.9. The molecule has 73 heavy (non-hydrogen) atoms. The summed E-state index contributed by atoms with van der Waals surface area (Å²) in [6, 6.07) is 27.6. The molecular formula is C62H60F2O9. The number of hydrogen-bond donors (Lipinski definition) is 3. The predicted molar refractivity (Wildman–Crippen MR) is 277 cm³/mol. The van der Waals surface area contributed by atoms with Gasteiger partial charge in [-0.2, -0.15) is 0 Å². The Labute approximate surface area is 425 Å². The molecule has 0 radical (unpaired) electrons. The molecule has 8 rings (SSSR count). The molecule has 3 N–H and O–H groups in total. The molecule has 0 aliphatic heterocycles. The number of benzene rings is 6. The van der Waals surface area contributed by atoms with E-state index in [4.69, 9.17) is 14.2 Å². The van der Waals surface area contributed by atoms with Gasteiger partial charge in [0.1, 0.15) is 65.1 Å². The number of carbonyl (C=O) groups is 3. The number of fused-ring (bicyclic) bond motifs is 2. The number of aromatic hydroxyl groups is 1. The number of carboxylic acid groups (broad SMARTS) is 1. The van der Waals surface area contributed by atoms with Crippen LogP contribution in [-0.4, -0.2) is 33.0 Å². The van der Waals surface area contributed by atoms with Gasteiger partial charge in [-0.3, -0.25) is 4.79 Å². The molecule has 0 saturated carbocycles. The van der Waals surface area contributed by atoms with E-state index in [0.717, 1.165) is 59.1 Å². The number of halogens is 2. The summed E-state index contributed by atoms with van der Waals surface area (Å²) in [5.41, 5.74) is 5.65. The van der Waals surface area contributed by atoms with E-state index in [2.05, 4.69) is 67.2 Å². The highest BCUT2D eigenvalue weighted by molar-refractivity contribution is 6.07. The number of aliphatic hydroxyl groups is 1. The number of ketones is 1. The molecule has 0 heterocycles. The highest BCUT2D eigenvalue weighted by Crippen LogP contribution is 2.52. The second kappa shape index (κ2) is 20.2. The highest BCUT2D eigenvalue weighted by atomic mass is 19.1. The molecule has 11 heteroatoms. The van der Waals surface area contributed by atoms with E-state index in [-0.39, 0.29) is 74.7 Å². The van der Waals surface area contributed by atoms with Gasteiger partial charge in [0, 0.05) is 22.3 Å². The molecule has 376 valence electrons. The van der Waals surface area contributed by atoms with Gasteiger partial charge in [0.05, 0.1) is 0 Å². The predicted octanol–water partition coefficient (Wildman–Crippen LogP) is 13.4. The number of aliphatic hydroxyl groups excluding tert-OH is 1. The Morgan fingerprint density at radius 1 is 0.630 bits per heavy atom. The molecule has 0 spiro atoms. The molecule has 0 amide bonds. The number of hydrogen-bond acceptors (Lipinski definition) is 8. The van der Waals surface area contributed by atoms with E-state index >= 15 is 0 Å². The first-order valence-corrected chi connectivity index (χ1v) is 24.4. The van der Waals surface area contributed by atoms with Crippen LogP contribution in [0, 0.1) is 23.5 Å². The lowest BCUT2D eigenvalue weighted by Gasteiger charge is -2.43. The van der Waals surface area contributed by atoms with Crippen LogP contribution in [0.2, 0.25) is 0 Å². The van der Waals surface area contributed by atoms with E-state index in [0.29, 0.717) is 28.2 Å². The number of carbonyl (C=O) groups excluding carboxylic acids is 2. The van der Waals surface area contributed by atoms with Crippen molar-refractivity contribution < 1.29 is 52.7 Å². The van der Waals surface area contributed by atoms with Crippen LogP contribution in [0.15, 0.2) is 115 Å². The lowest BCUT2D eigenvalue weighted by atomic mass is 9.62. The van der Waals surface area contributed by atoms with Gasteiger partial charge in [0.15, 0.2) is 5.78 Å². The van der Waals surface area contributed by atoms with Crippen molar-refractivity contribution in [1.29, 1.82) is 0 Å². The summed E-state index contributed by atoms with van der Waals surface area (Å²) in [4.78, 5) is 39.7.